The van der Waals surface area contributed by atoms with Crippen molar-refractivity contribution in [1.82, 2.24) is 35.0 Å². The van der Waals surface area contributed by atoms with Gasteiger partial charge in [-0.2, -0.15) is 0 Å². The number of benzene rings is 3. The van der Waals surface area contributed by atoms with Crippen molar-refractivity contribution in [3.8, 4) is 0 Å². The van der Waals surface area contributed by atoms with E-state index < -0.39 is 65.5 Å². The standard InChI is InChI=1S/C49H54FN9O9/c1-2-56-28-38(47(63)64)45(61)37-26-39(50)43(27-42(37)56)57-20-22-58(23-21-57)49(66)68-31-34-15-17-36(18-16-34)53-46(62)41(14-9-19-52-48(51)65)59-29-40(54-55-59)35(24-32-10-5-3-6-11-32)25-44(60)67-30-33-12-7-4-8-13-33/h3-8,10-13,15-18,26-29,35,37,41-42H,2,9,14,19-25,30-31H2,1H3,(H,53,62)(H,63,64)(H3,51,52,65)/t35-,37?,41+,42?/m1/s1. The SMILES string of the molecule is CCN1C=C(C(=O)O)C(=O)C2C=C(F)C(N3CCN(C(=O)OCc4ccc(NC(=O)[C@H](CCCNC(N)=O)n5cc([C@@H](CC(=O)OCc6ccccc6)Cc6ccccc6)nn5)cc4)CC3)=CC21. The van der Waals surface area contributed by atoms with Gasteiger partial charge in [-0.3, -0.25) is 14.4 Å². The number of aromatic nitrogens is 3. The summed E-state index contributed by atoms with van der Waals surface area (Å²) in [5, 5.41) is 23.7. The number of hydrogen-bond donors (Lipinski definition) is 4. The highest BCUT2D eigenvalue weighted by atomic mass is 19.1. The maximum atomic E-state index is 15.4. The number of likely N-dealkylation sites (N-methyl/N-ethyl adjacent to an activating group) is 1. The molecule has 4 atom stereocenters. The highest BCUT2D eigenvalue weighted by Crippen LogP contribution is 2.35. The Morgan fingerprint density at radius 1 is 0.882 bits per heavy atom. The number of carbonyl (C=O) groups excluding carboxylic acids is 5. The molecule has 0 saturated carbocycles. The Morgan fingerprint density at radius 2 is 1.54 bits per heavy atom. The fourth-order valence-corrected chi connectivity index (χ4v) is 8.41. The van der Waals surface area contributed by atoms with Crippen LogP contribution in [0, 0.1) is 5.92 Å². The third-order valence-electron chi connectivity index (χ3n) is 12.1. The second kappa shape index (κ2) is 22.6. The first-order valence-corrected chi connectivity index (χ1v) is 22.5. The van der Waals surface area contributed by atoms with Crippen LogP contribution in [-0.4, -0.2) is 116 Å². The molecule has 0 radical (unpaired) electrons. The Kier molecular flexibility index (Phi) is 16.0. The van der Waals surface area contributed by atoms with Gasteiger partial charge in [0.25, 0.3) is 0 Å². The van der Waals surface area contributed by atoms with E-state index in [0.29, 0.717) is 55.1 Å². The van der Waals surface area contributed by atoms with Crippen LogP contribution < -0.4 is 16.4 Å². The number of allylic oxidation sites excluding steroid dienone is 1. The molecular weight excluding hydrogens is 878 g/mol. The molecule has 19 heteroatoms. The molecule has 356 valence electrons. The molecule has 3 heterocycles. The summed E-state index contributed by atoms with van der Waals surface area (Å²) >= 11 is 0. The number of carboxylic acids is 1. The van der Waals surface area contributed by atoms with Crippen molar-refractivity contribution < 1.29 is 47.7 Å². The number of ether oxygens (including phenoxy) is 2. The smallest absolute Gasteiger partial charge is 0.410 e. The zero-order valence-electron chi connectivity index (χ0n) is 37.5. The van der Waals surface area contributed by atoms with Crippen molar-refractivity contribution in [3.63, 3.8) is 0 Å². The average Bonchev–Trinajstić information content (AvgIpc) is 3.83. The van der Waals surface area contributed by atoms with Crippen LogP contribution in [-0.2, 0) is 48.3 Å². The van der Waals surface area contributed by atoms with Crippen molar-refractivity contribution in [2.24, 2.45) is 11.7 Å². The molecule has 5 N–H and O–H groups in total. The predicted molar refractivity (Wildman–Crippen MR) is 246 cm³/mol. The summed E-state index contributed by atoms with van der Waals surface area (Å²) in [7, 11) is 0. The molecular formula is C49H54FN9O9. The molecule has 18 nitrogen and oxygen atoms in total. The summed E-state index contributed by atoms with van der Waals surface area (Å²) in [6.07, 6.45) is 6.42. The van der Waals surface area contributed by atoms with E-state index in [0.717, 1.165) is 11.1 Å². The number of esters is 1. The fourth-order valence-electron chi connectivity index (χ4n) is 8.41. The van der Waals surface area contributed by atoms with E-state index in [-0.39, 0.29) is 51.3 Å². The van der Waals surface area contributed by atoms with Crippen molar-refractivity contribution >= 4 is 41.4 Å². The minimum Gasteiger partial charge on any atom is -0.478 e. The number of primary amides is 1. The van der Waals surface area contributed by atoms with Crippen LogP contribution in [0.15, 0.2) is 127 Å². The molecule has 1 aromatic heterocycles. The van der Waals surface area contributed by atoms with E-state index in [1.54, 1.807) is 46.3 Å². The number of carbonyl (C=O) groups is 6. The molecule has 1 saturated heterocycles. The maximum Gasteiger partial charge on any atom is 0.410 e. The highest BCUT2D eigenvalue weighted by Gasteiger charge is 2.41. The lowest BCUT2D eigenvalue weighted by atomic mass is 9.82. The lowest BCUT2D eigenvalue weighted by Gasteiger charge is -2.42. The maximum absolute atomic E-state index is 15.4. The first-order valence-electron chi connectivity index (χ1n) is 22.5. The molecule has 3 aliphatic rings. The van der Waals surface area contributed by atoms with E-state index in [1.165, 1.54) is 21.9 Å². The summed E-state index contributed by atoms with van der Waals surface area (Å²) in [6, 6.07) is 23.8. The molecule has 68 heavy (non-hydrogen) atoms. The Morgan fingerprint density at radius 3 is 2.21 bits per heavy atom. The summed E-state index contributed by atoms with van der Waals surface area (Å²) in [5.41, 5.74) is 8.67. The number of urea groups is 1. The normalized spacial score (nSPS) is 17.7. The molecule has 1 aliphatic carbocycles. The number of hydrogen-bond acceptors (Lipinski definition) is 12. The third kappa shape index (κ3) is 12.3. The number of fused-ring (bicyclic) bond motifs is 1. The number of nitrogens with two attached hydrogens (primary N) is 1. The largest absolute Gasteiger partial charge is 0.478 e. The quantitative estimate of drug-likeness (QED) is 0.0537. The summed E-state index contributed by atoms with van der Waals surface area (Å²) in [6.45, 7) is 3.67. The van der Waals surface area contributed by atoms with Gasteiger partial charge >= 0.3 is 24.1 Å². The minimum absolute atomic E-state index is 0.0259. The average molecular weight is 932 g/mol. The van der Waals surface area contributed by atoms with E-state index in [9.17, 15) is 33.9 Å². The summed E-state index contributed by atoms with van der Waals surface area (Å²) in [5.74, 6) is -4.78. The van der Waals surface area contributed by atoms with Gasteiger partial charge < -0.3 is 45.6 Å². The summed E-state index contributed by atoms with van der Waals surface area (Å²) < 4.78 is 28.1. The molecule has 3 aromatic carbocycles. The summed E-state index contributed by atoms with van der Waals surface area (Å²) in [4.78, 5) is 81.1. The first-order chi connectivity index (χ1) is 32.9. The van der Waals surface area contributed by atoms with Gasteiger partial charge in [-0.05, 0) is 67.2 Å². The second-order valence-corrected chi connectivity index (χ2v) is 16.6. The Labute approximate surface area is 392 Å². The molecule has 0 spiro atoms. The van der Waals surface area contributed by atoms with Gasteiger partial charge in [-0.1, -0.05) is 78.0 Å². The number of nitrogens with one attached hydrogen (secondary N) is 2. The number of aliphatic carboxylic acids is 1. The van der Waals surface area contributed by atoms with Crippen LogP contribution in [0.4, 0.5) is 19.7 Å². The number of piperazine rings is 1. The van der Waals surface area contributed by atoms with Gasteiger partial charge in [0.05, 0.1) is 29.8 Å². The Hall–Kier alpha value is -7.83. The topological polar surface area (TPSA) is 232 Å². The van der Waals surface area contributed by atoms with Crippen LogP contribution in [0.5, 0.6) is 0 Å². The second-order valence-electron chi connectivity index (χ2n) is 16.6. The van der Waals surface area contributed by atoms with Crippen molar-refractivity contribution in [2.75, 3.05) is 44.6 Å². The highest BCUT2D eigenvalue weighted by molar-refractivity contribution is 6.18. The van der Waals surface area contributed by atoms with Crippen molar-refractivity contribution in [1.29, 1.82) is 0 Å². The number of amides is 4. The van der Waals surface area contributed by atoms with Crippen LogP contribution in [0.3, 0.4) is 0 Å². The molecule has 4 aromatic rings. The van der Waals surface area contributed by atoms with E-state index in [4.69, 9.17) is 15.2 Å². The fraction of sp³-hybridized carbons (Fsp3) is 0.347. The van der Waals surface area contributed by atoms with Crippen LogP contribution >= 0.6 is 0 Å². The lowest BCUT2D eigenvalue weighted by Crippen LogP contribution is -2.50. The third-order valence-corrected chi connectivity index (χ3v) is 12.1. The number of carboxylic acid groups (broad SMARTS) is 1. The van der Waals surface area contributed by atoms with E-state index >= 15 is 4.39 Å². The van der Waals surface area contributed by atoms with Gasteiger partial charge in [-0.25, -0.2) is 23.5 Å². The first kappa shape index (κ1) is 48.1. The zero-order chi connectivity index (χ0) is 48.2. The van der Waals surface area contributed by atoms with Crippen molar-refractivity contribution in [3.05, 3.63) is 149 Å². The number of ketones is 1. The number of nitrogens with zero attached hydrogens (tertiary/aromatic N) is 6. The van der Waals surface area contributed by atoms with Gasteiger partial charge in [0, 0.05) is 63.3 Å². The zero-order valence-corrected chi connectivity index (χ0v) is 37.5. The lowest BCUT2D eigenvalue weighted by molar-refractivity contribution is -0.145. The van der Waals surface area contributed by atoms with Gasteiger partial charge in [0.15, 0.2) is 5.78 Å². The molecule has 7 rings (SSSR count). The monoisotopic (exact) mass is 931 g/mol. The van der Waals surface area contributed by atoms with Crippen LogP contribution in [0.1, 0.15) is 60.5 Å². The number of halogens is 1. The Bertz CT molecular complexity index is 2540. The van der Waals surface area contributed by atoms with Gasteiger partial charge in [0.1, 0.15) is 30.7 Å². The van der Waals surface area contributed by atoms with Gasteiger partial charge in [0.2, 0.25) is 5.91 Å². The molecule has 1 fully saturated rings. The van der Waals surface area contributed by atoms with Crippen LogP contribution in [0.25, 0.3) is 0 Å². The van der Waals surface area contributed by atoms with Crippen LogP contribution in [0.2, 0.25) is 0 Å². The number of rotatable bonds is 19. The number of anilines is 1. The van der Waals surface area contributed by atoms with E-state index in [2.05, 4.69) is 20.9 Å². The van der Waals surface area contributed by atoms with Crippen molar-refractivity contribution in [2.45, 2.75) is 63.8 Å². The predicted octanol–water partition coefficient (Wildman–Crippen LogP) is 5.23. The molecule has 0 bridgehead atoms. The molecule has 2 aliphatic heterocycles. The molecule has 2 unspecified atom stereocenters. The molecule has 4 amide bonds. The van der Waals surface area contributed by atoms with Gasteiger partial charge in [-0.15, -0.1) is 5.10 Å². The number of Topliss-reactive ketones (excluding diaryl/α,β-unsaturated/α-hetero) is 1. The Balaban J connectivity index is 0.942. The minimum atomic E-state index is -1.35. The van der Waals surface area contributed by atoms with E-state index in [1.807, 2.05) is 67.6 Å².